The molecule has 0 atom stereocenters. The van der Waals surface area contributed by atoms with Crippen LogP contribution in [0.15, 0.2) is 24.3 Å². The third-order valence-electron chi connectivity index (χ3n) is 3.48. The van der Waals surface area contributed by atoms with Gasteiger partial charge >= 0.3 is 0 Å². The van der Waals surface area contributed by atoms with Crippen LogP contribution >= 0.6 is 11.3 Å². The molecule has 0 saturated carbocycles. The molecule has 1 aliphatic heterocycles. The first kappa shape index (κ1) is 13.4. The topological polar surface area (TPSA) is 51.4 Å². The van der Waals surface area contributed by atoms with Crippen LogP contribution in [0.25, 0.3) is 0 Å². The Bertz CT molecular complexity index is 573. The summed E-state index contributed by atoms with van der Waals surface area (Å²) in [6, 6.07) is 8.58. The van der Waals surface area contributed by atoms with E-state index in [4.69, 9.17) is 10.5 Å². The molecule has 20 heavy (non-hydrogen) atoms. The van der Waals surface area contributed by atoms with Gasteiger partial charge in [0.25, 0.3) is 0 Å². The predicted octanol–water partition coefficient (Wildman–Crippen LogP) is 2.46. The number of hydrogen-bond donors (Lipinski definition) is 1. The third-order valence-corrected chi connectivity index (χ3v) is 4.62. The fourth-order valence-corrected chi connectivity index (χ4v) is 3.32. The summed E-state index contributed by atoms with van der Waals surface area (Å²) in [5, 5.41) is 1.02. The Kier molecular flexibility index (Phi) is 3.89. The van der Waals surface area contributed by atoms with Gasteiger partial charge in [0.15, 0.2) is 5.13 Å². The van der Waals surface area contributed by atoms with Gasteiger partial charge in [-0.25, -0.2) is 4.98 Å². The highest BCUT2D eigenvalue weighted by Crippen LogP contribution is 2.30. The largest absolute Gasteiger partial charge is 0.383 e. The monoisotopic (exact) mass is 289 g/mol. The number of aryl methyl sites for hydroxylation is 1. The van der Waals surface area contributed by atoms with Crippen molar-refractivity contribution in [1.82, 2.24) is 4.98 Å². The lowest BCUT2D eigenvalue weighted by atomic mass is 10.1. The summed E-state index contributed by atoms with van der Waals surface area (Å²) in [6.45, 7) is 5.44. The van der Waals surface area contributed by atoms with E-state index in [1.54, 1.807) is 11.3 Å². The van der Waals surface area contributed by atoms with Crippen LogP contribution < -0.4 is 10.6 Å². The van der Waals surface area contributed by atoms with Gasteiger partial charge in [-0.3, -0.25) is 0 Å². The first-order valence-corrected chi connectivity index (χ1v) is 7.67. The van der Waals surface area contributed by atoms with E-state index in [9.17, 15) is 0 Å². The summed E-state index contributed by atoms with van der Waals surface area (Å²) in [4.78, 5) is 7.92. The van der Waals surface area contributed by atoms with Crippen molar-refractivity contribution in [3.05, 3.63) is 40.3 Å². The molecule has 0 amide bonds. The molecule has 1 aliphatic rings. The van der Waals surface area contributed by atoms with E-state index in [1.165, 1.54) is 11.1 Å². The van der Waals surface area contributed by atoms with E-state index in [0.29, 0.717) is 5.82 Å². The van der Waals surface area contributed by atoms with Crippen molar-refractivity contribution in [3.63, 3.8) is 0 Å². The zero-order valence-corrected chi connectivity index (χ0v) is 12.4. The van der Waals surface area contributed by atoms with Crippen molar-refractivity contribution < 1.29 is 4.74 Å². The van der Waals surface area contributed by atoms with Crippen molar-refractivity contribution >= 4 is 22.3 Å². The van der Waals surface area contributed by atoms with Crippen LogP contribution in [0.5, 0.6) is 0 Å². The Hall–Kier alpha value is -1.59. The van der Waals surface area contributed by atoms with Crippen LogP contribution in [0.2, 0.25) is 0 Å². The van der Waals surface area contributed by atoms with Gasteiger partial charge in [-0.05, 0) is 12.5 Å². The SMILES string of the molecule is Cc1ccc(Cc2sc(N3CCOCC3)nc2N)cc1. The van der Waals surface area contributed by atoms with Crippen molar-refractivity contribution in [3.8, 4) is 0 Å². The fraction of sp³-hybridized carbons (Fsp3) is 0.400. The number of anilines is 2. The molecule has 2 N–H and O–H groups in total. The smallest absolute Gasteiger partial charge is 0.187 e. The Morgan fingerprint density at radius 3 is 2.65 bits per heavy atom. The zero-order valence-electron chi connectivity index (χ0n) is 11.6. The van der Waals surface area contributed by atoms with Crippen LogP contribution in [-0.4, -0.2) is 31.3 Å². The lowest BCUT2D eigenvalue weighted by Gasteiger charge is -2.25. The molecule has 0 spiro atoms. The fourth-order valence-electron chi connectivity index (χ4n) is 2.26. The number of nitrogen functional groups attached to an aromatic ring is 1. The highest BCUT2D eigenvalue weighted by molar-refractivity contribution is 7.16. The summed E-state index contributed by atoms with van der Waals surface area (Å²) in [6.07, 6.45) is 0.855. The van der Waals surface area contributed by atoms with Gasteiger partial charge < -0.3 is 15.4 Å². The lowest BCUT2D eigenvalue weighted by Crippen LogP contribution is -2.36. The number of nitrogens with two attached hydrogens (primary N) is 1. The van der Waals surface area contributed by atoms with Gasteiger partial charge in [0.1, 0.15) is 5.82 Å². The van der Waals surface area contributed by atoms with Crippen LogP contribution in [0, 0.1) is 6.92 Å². The third kappa shape index (κ3) is 2.94. The molecule has 2 heterocycles. The molecule has 2 aromatic rings. The average molecular weight is 289 g/mol. The maximum Gasteiger partial charge on any atom is 0.187 e. The molecule has 0 bridgehead atoms. The van der Waals surface area contributed by atoms with Crippen LogP contribution in [0.4, 0.5) is 10.9 Å². The summed E-state index contributed by atoms with van der Waals surface area (Å²) in [5.74, 6) is 0.664. The highest BCUT2D eigenvalue weighted by atomic mass is 32.1. The number of aromatic nitrogens is 1. The summed E-state index contributed by atoms with van der Waals surface area (Å²) >= 11 is 1.70. The number of benzene rings is 1. The second-order valence-corrected chi connectivity index (χ2v) is 6.13. The van der Waals surface area contributed by atoms with E-state index in [1.807, 2.05) is 0 Å². The molecule has 1 fully saturated rings. The van der Waals surface area contributed by atoms with Crippen molar-refractivity contribution in [1.29, 1.82) is 0 Å². The van der Waals surface area contributed by atoms with Gasteiger partial charge in [0.05, 0.1) is 18.1 Å². The van der Waals surface area contributed by atoms with Gasteiger partial charge in [-0.1, -0.05) is 41.2 Å². The van der Waals surface area contributed by atoms with E-state index in [0.717, 1.165) is 42.7 Å². The molecular weight excluding hydrogens is 270 g/mol. The Morgan fingerprint density at radius 2 is 1.95 bits per heavy atom. The molecule has 0 radical (unpaired) electrons. The van der Waals surface area contributed by atoms with Gasteiger partial charge in [0.2, 0.25) is 0 Å². The van der Waals surface area contributed by atoms with Gasteiger partial charge in [-0.15, -0.1) is 0 Å². The first-order valence-electron chi connectivity index (χ1n) is 6.86. The Morgan fingerprint density at radius 1 is 1.25 bits per heavy atom. The standard InChI is InChI=1S/C15H19N3OS/c1-11-2-4-12(5-3-11)10-13-14(16)17-15(20-13)18-6-8-19-9-7-18/h2-5H,6-10,16H2,1H3. The summed E-state index contributed by atoms with van der Waals surface area (Å²) in [5.41, 5.74) is 8.62. The zero-order chi connectivity index (χ0) is 13.9. The second-order valence-electron chi connectivity index (χ2n) is 5.07. The van der Waals surface area contributed by atoms with E-state index < -0.39 is 0 Å². The lowest BCUT2D eigenvalue weighted by molar-refractivity contribution is 0.122. The quantitative estimate of drug-likeness (QED) is 0.943. The number of nitrogens with zero attached hydrogens (tertiary/aromatic N) is 2. The molecule has 0 aliphatic carbocycles. The first-order chi connectivity index (χ1) is 9.72. The number of thiazole rings is 1. The van der Waals surface area contributed by atoms with Gasteiger partial charge in [0, 0.05) is 19.5 Å². The Balaban J connectivity index is 1.76. The summed E-state index contributed by atoms with van der Waals surface area (Å²) in [7, 11) is 0. The van der Waals surface area contributed by atoms with E-state index in [2.05, 4.69) is 41.1 Å². The molecular formula is C15H19N3OS. The van der Waals surface area contributed by atoms with Gasteiger partial charge in [-0.2, -0.15) is 0 Å². The van der Waals surface area contributed by atoms with Crippen molar-refractivity contribution in [2.45, 2.75) is 13.3 Å². The normalized spacial score (nSPS) is 15.6. The van der Waals surface area contributed by atoms with Crippen LogP contribution in [-0.2, 0) is 11.2 Å². The molecule has 1 aromatic heterocycles. The highest BCUT2D eigenvalue weighted by Gasteiger charge is 2.17. The number of ether oxygens (including phenoxy) is 1. The van der Waals surface area contributed by atoms with E-state index >= 15 is 0 Å². The average Bonchev–Trinajstić information content (AvgIpc) is 2.84. The molecule has 1 aromatic carbocycles. The Labute approximate surface area is 123 Å². The number of rotatable bonds is 3. The van der Waals surface area contributed by atoms with E-state index in [-0.39, 0.29) is 0 Å². The molecule has 1 saturated heterocycles. The van der Waals surface area contributed by atoms with Crippen molar-refractivity contribution in [2.24, 2.45) is 0 Å². The van der Waals surface area contributed by atoms with Crippen LogP contribution in [0.1, 0.15) is 16.0 Å². The summed E-state index contributed by atoms with van der Waals surface area (Å²) < 4.78 is 5.37. The maximum absolute atomic E-state index is 6.07. The molecule has 106 valence electrons. The minimum Gasteiger partial charge on any atom is -0.383 e. The van der Waals surface area contributed by atoms with Crippen LogP contribution in [0.3, 0.4) is 0 Å². The minimum absolute atomic E-state index is 0.664. The number of hydrogen-bond acceptors (Lipinski definition) is 5. The molecule has 3 rings (SSSR count). The predicted molar refractivity (Wildman–Crippen MR) is 83.5 cm³/mol. The number of morpholine rings is 1. The minimum atomic E-state index is 0.664. The second kappa shape index (κ2) is 5.81. The van der Waals surface area contributed by atoms with Crippen molar-refractivity contribution in [2.75, 3.05) is 36.9 Å². The molecule has 5 heteroatoms. The molecule has 4 nitrogen and oxygen atoms in total. The maximum atomic E-state index is 6.07. The molecule has 0 unspecified atom stereocenters.